The van der Waals surface area contributed by atoms with E-state index in [1.807, 2.05) is 0 Å². The molecule has 0 heterocycles. The first kappa shape index (κ1) is 15.6. The largest absolute Gasteiger partial charge is 0.366 e. The van der Waals surface area contributed by atoms with Gasteiger partial charge in [-0.2, -0.15) is 0 Å². The molecule has 3 amide bonds. The normalized spacial score (nSPS) is 13.3. The Morgan fingerprint density at radius 1 is 1.00 bits per heavy atom. The molecule has 1 aromatic carbocycles. The average Bonchev–Trinajstić information content (AvgIpc) is 2.36. The zero-order valence-electron chi connectivity index (χ0n) is 11.3. The Hall–Kier alpha value is -2.41. The minimum atomic E-state index is -0.719. The van der Waals surface area contributed by atoms with Gasteiger partial charge in [-0.1, -0.05) is 6.92 Å². The SMILES string of the molecule is CC(N)C(C)C(=O)Nc1cc(C(N)=O)cc(C(N)=O)c1. The molecule has 0 aliphatic carbocycles. The molecule has 7 nitrogen and oxygen atoms in total. The van der Waals surface area contributed by atoms with Gasteiger partial charge >= 0.3 is 0 Å². The molecule has 2 unspecified atom stereocenters. The van der Waals surface area contributed by atoms with Crippen LogP contribution in [0.1, 0.15) is 34.6 Å². The van der Waals surface area contributed by atoms with Crippen molar-refractivity contribution in [3.63, 3.8) is 0 Å². The van der Waals surface area contributed by atoms with Crippen molar-refractivity contribution >= 4 is 23.4 Å². The number of benzene rings is 1. The zero-order chi connectivity index (χ0) is 15.4. The lowest BCUT2D eigenvalue weighted by Gasteiger charge is -2.16. The van der Waals surface area contributed by atoms with Crippen LogP contribution in [0.15, 0.2) is 18.2 Å². The van der Waals surface area contributed by atoms with E-state index in [2.05, 4.69) is 5.32 Å². The van der Waals surface area contributed by atoms with Crippen LogP contribution in [-0.4, -0.2) is 23.8 Å². The number of carbonyl (C=O) groups is 3. The predicted molar refractivity (Wildman–Crippen MR) is 74.9 cm³/mol. The summed E-state index contributed by atoms with van der Waals surface area (Å²) in [5, 5.41) is 2.58. The van der Waals surface area contributed by atoms with Gasteiger partial charge in [-0.05, 0) is 25.1 Å². The molecule has 0 spiro atoms. The van der Waals surface area contributed by atoms with Gasteiger partial charge in [0.15, 0.2) is 0 Å². The van der Waals surface area contributed by atoms with Crippen molar-refractivity contribution in [3.05, 3.63) is 29.3 Å². The Balaban J connectivity index is 3.09. The number of hydrogen-bond donors (Lipinski definition) is 4. The van der Waals surface area contributed by atoms with Crippen LogP contribution in [0, 0.1) is 5.92 Å². The van der Waals surface area contributed by atoms with Gasteiger partial charge in [0, 0.05) is 22.9 Å². The monoisotopic (exact) mass is 278 g/mol. The predicted octanol–water partition coefficient (Wildman–Crippen LogP) is -0.194. The van der Waals surface area contributed by atoms with Gasteiger partial charge in [-0.15, -0.1) is 0 Å². The van der Waals surface area contributed by atoms with E-state index < -0.39 is 17.7 Å². The van der Waals surface area contributed by atoms with Gasteiger partial charge in [0.2, 0.25) is 17.7 Å². The van der Waals surface area contributed by atoms with Crippen molar-refractivity contribution in [2.45, 2.75) is 19.9 Å². The summed E-state index contributed by atoms with van der Waals surface area (Å²) in [5.74, 6) is -2.19. The maximum atomic E-state index is 11.9. The molecule has 0 aliphatic rings. The van der Waals surface area contributed by atoms with Crippen LogP contribution >= 0.6 is 0 Å². The van der Waals surface area contributed by atoms with Gasteiger partial charge in [0.05, 0.1) is 5.92 Å². The Kier molecular flexibility index (Phi) is 4.82. The molecule has 0 radical (unpaired) electrons. The van der Waals surface area contributed by atoms with E-state index in [-0.39, 0.29) is 28.8 Å². The first-order valence-corrected chi connectivity index (χ1v) is 6.03. The third-order valence-electron chi connectivity index (χ3n) is 2.97. The second kappa shape index (κ2) is 6.16. The van der Waals surface area contributed by atoms with E-state index in [9.17, 15) is 14.4 Å². The van der Waals surface area contributed by atoms with Crippen molar-refractivity contribution < 1.29 is 14.4 Å². The van der Waals surface area contributed by atoms with Crippen molar-refractivity contribution in [1.82, 2.24) is 0 Å². The van der Waals surface area contributed by atoms with Gasteiger partial charge in [-0.3, -0.25) is 14.4 Å². The number of nitrogens with one attached hydrogen (secondary N) is 1. The van der Waals surface area contributed by atoms with Crippen molar-refractivity contribution in [2.24, 2.45) is 23.1 Å². The van der Waals surface area contributed by atoms with E-state index >= 15 is 0 Å². The van der Waals surface area contributed by atoms with Crippen molar-refractivity contribution in [2.75, 3.05) is 5.32 Å². The third-order valence-corrected chi connectivity index (χ3v) is 2.97. The van der Waals surface area contributed by atoms with Gasteiger partial charge in [0.1, 0.15) is 0 Å². The molecule has 0 fully saturated rings. The van der Waals surface area contributed by atoms with Crippen LogP contribution in [0.3, 0.4) is 0 Å². The summed E-state index contributed by atoms with van der Waals surface area (Å²) in [4.78, 5) is 34.3. The molecule has 20 heavy (non-hydrogen) atoms. The number of primary amides is 2. The van der Waals surface area contributed by atoms with Gasteiger partial charge < -0.3 is 22.5 Å². The molecule has 0 saturated carbocycles. The molecule has 2 atom stereocenters. The molecule has 0 saturated heterocycles. The Bertz CT molecular complexity index is 522. The van der Waals surface area contributed by atoms with Crippen molar-refractivity contribution in [3.8, 4) is 0 Å². The first-order chi connectivity index (χ1) is 9.22. The summed E-state index contributed by atoms with van der Waals surface area (Å²) >= 11 is 0. The molecule has 1 aromatic rings. The number of anilines is 1. The maximum absolute atomic E-state index is 11.9. The van der Waals surface area contributed by atoms with E-state index in [0.717, 1.165) is 0 Å². The van der Waals surface area contributed by atoms with E-state index in [0.29, 0.717) is 0 Å². The highest BCUT2D eigenvalue weighted by Gasteiger charge is 2.18. The van der Waals surface area contributed by atoms with E-state index in [1.165, 1.54) is 18.2 Å². The van der Waals surface area contributed by atoms with Crippen LogP contribution in [-0.2, 0) is 4.79 Å². The highest BCUT2D eigenvalue weighted by molar-refractivity contribution is 6.02. The maximum Gasteiger partial charge on any atom is 0.248 e. The van der Waals surface area contributed by atoms with Crippen LogP contribution in [0.4, 0.5) is 5.69 Å². The van der Waals surface area contributed by atoms with Crippen molar-refractivity contribution in [1.29, 1.82) is 0 Å². The topological polar surface area (TPSA) is 141 Å². The third kappa shape index (κ3) is 3.79. The van der Waals surface area contributed by atoms with Crippen LogP contribution in [0.25, 0.3) is 0 Å². The van der Waals surface area contributed by atoms with Gasteiger partial charge in [0.25, 0.3) is 0 Å². The Morgan fingerprint density at radius 3 is 1.80 bits per heavy atom. The van der Waals surface area contributed by atoms with Crippen LogP contribution < -0.4 is 22.5 Å². The summed E-state index contributed by atoms with van der Waals surface area (Å²) in [7, 11) is 0. The number of amides is 3. The summed E-state index contributed by atoms with van der Waals surface area (Å²) in [6, 6.07) is 3.70. The minimum absolute atomic E-state index is 0.0880. The second-order valence-corrected chi connectivity index (χ2v) is 4.66. The summed E-state index contributed by atoms with van der Waals surface area (Å²) in [6.45, 7) is 3.38. The molecular formula is C13H18N4O3. The fourth-order valence-corrected chi connectivity index (χ4v) is 1.48. The fourth-order valence-electron chi connectivity index (χ4n) is 1.48. The van der Waals surface area contributed by atoms with Crippen LogP contribution in [0.5, 0.6) is 0 Å². The molecule has 108 valence electrons. The number of nitrogens with two attached hydrogens (primary N) is 3. The van der Waals surface area contributed by atoms with E-state index in [4.69, 9.17) is 17.2 Å². The standard InChI is InChI=1S/C13H18N4O3/c1-6(7(2)14)13(20)17-10-4-8(11(15)18)3-9(5-10)12(16)19/h3-7H,14H2,1-2H3,(H2,15,18)(H2,16,19)(H,17,20). The summed E-state index contributed by atoms with van der Waals surface area (Å²) in [5.41, 5.74) is 16.4. The number of carbonyl (C=O) groups excluding carboxylic acids is 3. The molecule has 1 rings (SSSR count). The molecule has 7 N–H and O–H groups in total. The Labute approximate surface area is 116 Å². The quantitative estimate of drug-likeness (QED) is 0.592. The smallest absolute Gasteiger partial charge is 0.248 e. The van der Waals surface area contributed by atoms with E-state index in [1.54, 1.807) is 13.8 Å². The lowest BCUT2D eigenvalue weighted by molar-refractivity contribution is -0.119. The molecule has 0 aliphatic heterocycles. The zero-order valence-corrected chi connectivity index (χ0v) is 11.3. The summed E-state index contributed by atoms with van der Waals surface area (Å²) in [6.07, 6.45) is 0. The second-order valence-electron chi connectivity index (χ2n) is 4.66. The highest BCUT2D eigenvalue weighted by Crippen LogP contribution is 2.16. The fraction of sp³-hybridized carbons (Fsp3) is 0.308. The van der Waals surface area contributed by atoms with Crippen LogP contribution in [0.2, 0.25) is 0 Å². The van der Waals surface area contributed by atoms with Gasteiger partial charge in [-0.25, -0.2) is 0 Å². The molecule has 0 aromatic heterocycles. The lowest BCUT2D eigenvalue weighted by atomic mass is 10.0. The molecule has 0 bridgehead atoms. The Morgan fingerprint density at radius 2 is 1.45 bits per heavy atom. The molecular weight excluding hydrogens is 260 g/mol. The lowest BCUT2D eigenvalue weighted by Crippen LogP contribution is -2.34. The average molecular weight is 278 g/mol. The first-order valence-electron chi connectivity index (χ1n) is 6.03. The minimum Gasteiger partial charge on any atom is -0.366 e. The molecule has 7 heteroatoms. The number of hydrogen-bond acceptors (Lipinski definition) is 4. The highest BCUT2D eigenvalue weighted by atomic mass is 16.2. The number of rotatable bonds is 5. The summed E-state index contributed by atoms with van der Waals surface area (Å²) < 4.78 is 0.